The minimum Gasteiger partial charge on any atom is -0.495 e. The number of nitrogens with one attached hydrogen (secondary N) is 1. The van der Waals surface area contributed by atoms with Crippen molar-refractivity contribution < 1.29 is 19.1 Å². The summed E-state index contributed by atoms with van der Waals surface area (Å²) in [6, 6.07) is 10.1. The van der Waals surface area contributed by atoms with Crippen LogP contribution < -0.4 is 4.74 Å². The number of aromatic amines is 1. The Morgan fingerprint density at radius 1 is 1.16 bits per heavy atom. The van der Waals surface area contributed by atoms with Crippen molar-refractivity contribution in [2.45, 2.75) is 19.0 Å². The minimum atomic E-state index is -0.864. The Bertz CT molecular complexity index is 1100. The van der Waals surface area contributed by atoms with Crippen LogP contribution in [-0.4, -0.2) is 47.4 Å². The van der Waals surface area contributed by atoms with E-state index in [0.717, 1.165) is 16.5 Å². The first kappa shape index (κ1) is 23.4. The summed E-state index contributed by atoms with van der Waals surface area (Å²) in [4.78, 5) is 30.3. The van der Waals surface area contributed by atoms with Gasteiger partial charge in [-0.1, -0.05) is 57.3 Å². The van der Waals surface area contributed by atoms with Gasteiger partial charge < -0.3 is 19.4 Å². The summed E-state index contributed by atoms with van der Waals surface area (Å²) in [5.74, 6) is -0.408. The summed E-state index contributed by atoms with van der Waals surface area (Å²) >= 11 is 15.7. The number of carbonyl (C=O) groups excluding carboxylic acids is 2. The molecule has 164 valence electrons. The number of carbonyl (C=O) groups is 2. The number of alkyl halides is 1. The predicted molar refractivity (Wildman–Crippen MR) is 125 cm³/mol. The molecule has 0 saturated carbocycles. The molecule has 0 aliphatic rings. The molecule has 2 aromatic carbocycles. The topological polar surface area (TPSA) is 71.6 Å². The van der Waals surface area contributed by atoms with Crippen LogP contribution >= 0.6 is 39.1 Å². The molecule has 1 N–H and O–H groups in total. The lowest BCUT2D eigenvalue weighted by Crippen LogP contribution is -2.47. The number of benzene rings is 2. The molecule has 9 heteroatoms. The van der Waals surface area contributed by atoms with Crippen molar-refractivity contribution in [1.82, 2.24) is 9.88 Å². The first-order valence-electron chi connectivity index (χ1n) is 9.39. The molecule has 0 unspecified atom stereocenters. The van der Waals surface area contributed by atoms with E-state index in [1.165, 1.54) is 19.1 Å². The third-order valence-electron chi connectivity index (χ3n) is 5.00. The lowest BCUT2D eigenvalue weighted by molar-refractivity contribution is -0.152. The number of esters is 1. The Balaban J connectivity index is 2.03. The van der Waals surface area contributed by atoms with Gasteiger partial charge in [-0.05, 0) is 23.8 Å². The zero-order valence-electron chi connectivity index (χ0n) is 17.0. The van der Waals surface area contributed by atoms with Gasteiger partial charge in [0.15, 0.2) is 0 Å². The summed E-state index contributed by atoms with van der Waals surface area (Å²) in [6.07, 6.45) is 2.11. The number of hydrogen-bond donors (Lipinski definition) is 1. The molecular formula is C22H21BrCl2N2O4. The van der Waals surface area contributed by atoms with Crippen LogP contribution in [0.5, 0.6) is 5.75 Å². The lowest BCUT2D eigenvalue weighted by atomic mass is 10.0. The molecule has 1 amide bonds. The molecule has 1 atom stereocenters. The van der Waals surface area contributed by atoms with Crippen LogP contribution in [0.3, 0.4) is 0 Å². The second-order valence-electron chi connectivity index (χ2n) is 6.84. The maximum absolute atomic E-state index is 12.9. The van der Waals surface area contributed by atoms with Crippen molar-refractivity contribution in [1.29, 1.82) is 0 Å². The number of para-hydroxylation sites is 1. The average molecular weight is 528 g/mol. The third kappa shape index (κ3) is 5.17. The van der Waals surface area contributed by atoms with Crippen molar-refractivity contribution >= 4 is 61.9 Å². The maximum Gasteiger partial charge on any atom is 0.328 e. The van der Waals surface area contributed by atoms with Crippen molar-refractivity contribution in [3.8, 4) is 5.75 Å². The maximum atomic E-state index is 12.9. The van der Waals surface area contributed by atoms with E-state index >= 15 is 0 Å². The number of fused-ring (bicyclic) bond motifs is 1. The van der Waals surface area contributed by atoms with Crippen molar-refractivity contribution in [3.63, 3.8) is 0 Å². The molecule has 0 aliphatic heterocycles. The van der Waals surface area contributed by atoms with Crippen LogP contribution in [0, 0.1) is 0 Å². The van der Waals surface area contributed by atoms with Crippen LogP contribution in [-0.2, 0) is 27.3 Å². The van der Waals surface area contributed by atoms with Crippen LogP contribution in [0.4, 0.5) is 0 Å². The number of amides is 1. The smallest absolute Gasteiger partial charge is 0.328 e. The Morgan fingerprint density at radius 3 is 2.58 bits per heavy atom. The molecule has 31 heavy (non-hydrogen) atoms. The molecule has 0 fully saturated rings. The monoisotopic (exact) mass is 526 g/mol. The van der Waals surface area contributed by atoms with Gasteiger partial charge in [-0.15, -0.1) is 0 Å². The van der Waals surface area contributed by atoms with Crippen molar-refractivity contribution in [3.05, 3.63) is 63.8 Å². The molecule has 1 aromatic heterocycles. The van der Waals surface area contributed by atoms with Crippen LogP contribution in [0.15, 0.2) is 42.6 Å². The zero-order valence-corrected chi connectivity index (χ0v) is 20.1. The average Bonchev–Trinajstić information content (AvgIpc) is 3.17. The van der Waals surface area contributed by atoms with E-state index < -0.39 is 12.0 Å². The summed E-state index contributed by atoms with van der Waals surface area (Å²) in [5.41, 5.74) is 2.43. The summed E-state index contributed by atoms with van der Waals surface area (Å²) in [7, 11) is 2.79. The van der Waals surface area contributed by atoms with Gasteiger partial charge in [0.25, 0.3) is 0 Å². The van der Waals surface area contributed by atoms with Gasteiger partial charge in [-0.3, -0.25) is 4.79 Å². The molecule has 0 aliphatic carbocycles. The molecule has 0 radical (unpaired) electrons. The first-order valence-corrected chi connectivity index (χ1v) is 11.3. The van der Waals surface area contributed by atoms with E-state index in [1.54, 1.807) is 12.1 Å². The Hall–Kier alpha value is -2.22. The van der Waals surface area contributed by atoms with E-state index in [1.807, 2.05) is 30.5 Å². The highest BCUT2D eigenvalue weighted by Gasteiger charge is 2.32. The highest BCUT2D eigenvalue weighted by molar-refractivity contribution is 9.09. The molecule has 0 bridgehead atoms. The highest BCUT2D eigenvalue weighted by atomic mass is 79.9. The third-order valence-corrected chi connectivity index (χ3v) is 5.98. The number of ether oxygens (including phenoxy) is 2. The minimum absolute atomic E-state index is 0.0327. The van der Waals surface area contributed by atoms with Gasteiger partial charge in [-0.25, -0.2) is 4.79 Å². The molecule has 3 aromatic rings. The van der Waals surface area contributed by atoms with Gasteiger partial charge in [-0.2, -0.15) is 0 Å². The fourth-order valence-corrected chi connectivity index (χ4v) is 4.49. The van der Waals surface area contributed by atoms with Gasteiger partial charge in [0.05, 0.1) is 31.1 Å². The number of nitrogens with zero attached hydrogens (tertiary/aromatic N) is 1. The van der Waals surface area contributed by atoms with E-state index in [4.69, 9.17) is 32.7 Å². The number of H-pyrrole nitrogens is 1. The van der Waals surface area contributed by atoms with Gasteiger partial charge in [0.2, 0.25) is 5.91 Å². The normalized spacial score (nSPS) is 11.9. The molecule has 3 rings (SSSR count). The lowest BCUT2D eigenvalue weighted by Gasteiger charge is -2.30. The van der Waals surface area contributed by atoms with Crippen LogP contribution in [0.25, 0.3) is 10.9 Å². The predicted octanol–water partition coefficient (Wildman–Crippen LogP) is 4.99. The second kappa shape index (κ2) is 10.4. The summed E-state index contributed by atoms with van der Waals surface area (Å²) in [6.45, 7) is 0.0655. The molecule has 1 heterocycles. The first-order chi connectivity index (χ1) is 14.9. The standard InChI is InChI=1S/C22H21BrCl2N2O4/c1-30-21-14(7-15(24)9-17(21)25)12-27(20(28)10-23)19(22(29)31-2)8-13-11-26-18-6-4-3-5-16(13)18/h3-7,9,11,19,26H,8,10,12H2,1-2H3/t19-/m1/s1. The largest absolute Gasteiger partial charge is 0.495 e. The van der Waals surface area contributed by atoms with E-state index in [-0.39, 0.29) is 24.2 Å². The molecular weight excluding hydrogens is 507 g/mol. The number of aromatic nitrogens is 1. The Morgan fingerprint density at radius 2 is 1.90 bits per heavy atom. The molecule has 0 saturated heterocycles. The quantitative estimate of drug-likeness (QED) is 0.331. The Labute approximate surface area is 198 Å². The number of rotatable bonds is 8. The van der Waals surface area contributed by atoms with Crippen LogP contribution in [0.1, 0.15) is 11.1 Å². The number of methoxy groups -OCH3 is 2. The van der Waals surface area contributed by atoms with E-state index in [2.05, 4.69) is 20.9 Å². The van der Waals surface area contributed by atoms with E-state index in [0.29, 0.717) is 21.4 Å². The van der Waals surface area contributed by atoms with Gasteiger partial charge in [0, 0.05) is 34.1 Å². The van der Waals surface area contributed by atoms with E-state index in [9.17, 15) is 9.59 Å². The number of halogens is 3. The molecule has 6 nitrogen and oxygen atoms in total. The highest BCUT2D eigenvalue weighted by Crippen LogP contribution is 2.34. The second-order valence-corrected chi connectivity index (χ2v) is 8.24. The van der Waals surface area contributed by atoms with Crippen LogP contribution in [0.2, 0.25) is 10.0 Å². The SMILES string of the molecule is COC(=O)[C@@H](Cc1c[nH]c2ccccc12)N(Cc1cc(Cl)cc(Cl)c1OC)C(=O)CBr. The fraction of sp³-hybridized carbons (Fsp3) is 0.273. The summed E-state index contributed by atoms with van der Waals surface area (Å²) < 4.78 is 10.5. The number of hydrogen-bond acceptors (Lipinski definition) is 4. The Kier molecular flexibility index (Phi) is 7.86. The van der Waals surface area contributed by atoms with Gasteiger partial charge >= 0.3 is 5.97 Å². The molecule has 0 spiro atoms. The fourth-order valence-electron chi connectivity index (χ4n) is 3.56. The van der Waals surface area contributed by atoms with Gasteiger partial charge in [0.1, 0.15) is 11.8 Å². The van der Waals surface area contributed by atoms with Crippen molar-refractivity contribution in [2.75, 3.05) is 19.5 Å². The van der Waals surface area contributed by atoms with Crippen molar-refractivity contribution in [2.24, 2.45) is 0 Å². The summed E-state index contributed by atoms with van der Waals surface area (Å²) in [5, 5.41) is 1.73. The zero-order chi connectivity index (χ0) is 22.5.